The average Bonchev–Trinajstić information content (AvgIpc) is 3.04. The highest BCUT2D eigenvalue weighted by atomic mass is 16.1. The molecule has 1 aromatic carbocycles. The summed E-state index contributed by atoms with van der Waals surface area (Å²) in [7, 11) is 0. The van der Waals surface area contributed by atoms with Gasteiger partial charge in [0.2, 0.25) is 0 Å². The van der Waals surface area contributed by atoms with Crippen molar-refractivity contribution in [2.45, 2.75) is 51.1 Å². The van der Waals surface area contributed by atoms with Crippen molar-refractivity contribution in [2.75, 3.05) is 13.1 Å². The Kier molecular flexibility index (Phi) is 4.58. The van der Waals surface area contributed by atoms with Crippen LogP contribution < -0.4 is 10.6 Å². The van der Waals surface area contributed by atoms with Crippen LogP contribution in [-0.4, -0.2) is 34.6 Å². The second-order valence-electron chi connectivity index (χ2n) is 9.08. The van der Waals surface area contributed by atoms with Gasteiger partial charge in [0.05, 0.1) is 22.0 Å². The van der Waals surface area contributed by atoms with Crippen LogP contribution in [0.1, 0.15) is 49.3 Å². The molecule has 5 nitrogen and oxygen atoms in total. The topological polar surface area (TPSA) is 59.0 Å². The van der Waals surface area contributed by atoms with E-state index in [1.807, 2.05) is 18.2 Å². The number of rotatable bonds is 3. The van der Waals surface area contributed by atoms with E-state index in [-0.39, 0.29) is 11.3 Å². The summed E-state index contributed by atoms with van der Waals surface area (Å²) in [6.45, 7) is 7.14. The fourth-order valence-corrected chi connectivity index (χ4v) is 5.48. The summed E-state index contributed by atoms with van der Waals surface area (Å²) in [4.78, 5) is 17.7. The summed E-state index contributed by atoms with van der Waals surface area (Å²) < 4.78 is 2.31. The number of carbonyl (C=O) groups is 1. The zero-order chi connectivity index (χ0) is 20.0. The molecule has 29 heavy (non-hydrogen) atoms. The molecule has 3 atom stereocenters. The molecule has 2 aliphatic heterocycles. The third-order valence-electron chi connectivity index (χ3n) is 7.15. The van der Waals surface area contributed by atoms with E-state index in [0.717, 1.165) is 54.3 Å². The molecule has 0 radical (unpaired) electrons. The molecule has 0 saturated carbocycles. The van der Waals surface area contributed by atoms with Crippen LogP contribution in [0, 0.1) is 11.8 Å². The predicted molar refractivity (Wildman–Crippen MR) is 116 cm³/mol. The lowest BCUT2D eigenvalue weighted by atomic mass is 9.68. The number of carbonyl (C=O) groups excluding carboxylic acids is 1. The number of aromatic nitrogens is 2. The third-order valence-corrected chi connectivity index (χ3v) is 7.15. The lowest BCUT2D eigenvalue weighted by molar-refractivity contribution is 0.0956. The molecule has 1 saturated heterocycles. The minimum Gasteiger partial charge on any atom is -0.350 e. The molecule has 0 spiro atoms. The van der Waals surface area contributed by atoms with Crippen molar-refractivity contribution in [3.05, 3.63) is 53.9 Å². The predicted octanol–water partition coefficient (Wildman–Crippen LogP) is 3.56. The van der Waals surface area contributed by atoms with Crippen LogP contribution in [0.4, 0.5) is 0 Å². The molecule has 5 heteroatoms. The number of hydrogen-bond donors (Lipinski definition) is 2. The fourth-order valence-electron chi connectivity index (χ4n) is 5.48. The van der Waals surface area contributed by atoms with Gasteiger partial charge in [0.15, 0.2) is 0 Å². The maximum Gasteiger partial charge on any atom is 0.253 e. The lowest BCUT2D eigenvalue weighted by Crippen LogP contribution is -2.53. The quantitative estimate of drug-likeness (QED) is 0.843. The number of benzene rings is 1. The fraction of sp³-hybridized carbons (Fsp3) is 0.500. The molecule has 0 bridgehead atoms. The van der Waals surface area contributed by atoms with E-state index in [0.29, 0.717) is 18.5 Å². The van der Waals surface area contributed by atoms with Crippen LogP contribution in [0.15, 0.2) is 42.5 Å². The molecule has 152 valence electrons. The molecule has 1 fully saturated rings. The van der Waals surface area contributed by atoms with Gasteiger partial charge in [-0.15, -0.1) is 0 Å². The summed E-state index contributed by atoms with van der Waals surface area (Å²) in [6, 6.07) is 6.25. The van der Waals surface area contributed by atoms with E-state index < -0.39 is 0 Å². The maximum absolute atomic E-state index is 12.6. The Balaban J connectivity index is 1.68. The number of hydrogen-bond acceptors (Lipinski definition) is 3. The molecule has 2 N–H and O–H groups in total. The SMILES string of the molecule is CC(C)C1CCNC(C2(c3nc4cccc5c4n3CCNC5=O)C=CC=CC2)C1. The second-order valence-corrected chi connectivity index (χ2v) is 9.08. The highest BCUT2D eigenvalue weighted by Crippen LogP contribution is 2.42. The smallest absolute Gasteiger partial charge is 0.253 e. The number of nitrogens with one attached hydrogen (secondary N) is 2. The van der Waals surface area contributed by atoms with Crippen LogP contribution in [0.2, 0.25) is 0 Å². The van der Waals surface area contributed by atoms with Gasteiger partial charge < -0.3 is 15.2 Å². The Morgan fingerprint density at radius 1 is 1.24 bits per heavy atom. The number of piperidine rings is 1. The minimum atomic E-state index is -0.189. The van der Waals surface area contributed by atoms with Crippen molar-refractivity contribution in [3.8, 4) is 0 Å². The van der Waals surface area contributed by atoms with Crippen molar-refractivity contribution in [1.82, 2.24) is 20.2 Å². The molecule has 3 unspecified atom stereocenters. The van der Waals surface area contributed by atoms with Crippen LogP contribution in [0.25, 0.3) is 11.0 Å². The molecule has 1 aliphatic carbocycles. The first kappa shape index (κ1) is 18.6. The summed E-state index contributed by atoms with van der Waals surface area (Å²) in [5.41, 5.74) is 2.46. The normalized spacial score (nSPS) is 29.3. The number of nitrogens with zero attached hydrogens (tertiary/aromatic N) is 2. The first-order valence-electron chi connectivity index (χ1n) is 11.0. The van der Waals surface area contributed by atoms with E-state index in [4.69, 9.17) is 4.98 Å². The van der Waals surface area contributed by atoms with Crippen molar-refractivity contribution in [2.24, 2.45) is 11.8 Å². The lowest BCUT2D eigenvalue weighted by Gasteiger charge is -2.44. The number of imidazole rings is 1. The highest BCUT2D eigenvalue weighted by Gasteiger charge is 2.45. The Hall–Kier alpha value is -2.40. The van der Waals surface area contributed by atoms with Gasteiger partial charge in [-0.1, -0.05) is 44.2 Å². The Labute approximate surface area is 172 Å². The van der Waals surface area contributed by atoms with Gasteiger partial charge in [-0.3, -0.25) is 4.79 Å². The molecule has 2 aromatic rings. The molecular formula is C24H30N4O. The van der Waals surface area contributed by atoms with E-state index in [1.165, 1.54) is 6.42 Å². The van der Waals surface area contributed by atoms with Gasteiger partial charge in [0.1, 0.15) is 5.82 Å². The van der Waals surface area contributed by atoms with Gasteiger partial charge in [0.25, 0.3) is 5.91 Å². The summed E-state index contributed by atoms with van der Waals surface area (Å²) in [5, 5.41) is 6.89. The number of amides is 1. The van der Waals surface area contributed by atoms with Crippen molar-refractivity contribution < 1.29 is 4.79 Å². The average molecular weight is 391 g/mol. The van der Waals surface area contributed by atoms with E-state index in [1.54, 1.807) is 0 Å². The van der Waals surface area contributed by atoms with Crippen LogP contribution in [0.5, 0.6) is 0 Å². The monoisotopic (exact) mass is 390 g/mol. The third kappa shape index (κ3) is 2.94. The van der Waals surface area contributed by atoms with E-state index in [2.05, 4.69) is 53.4 Å². The molecule has 1 aromatic heterocycles. The van der Waals surface area contributed by atoms with Crippen molar-refractivity contribution in [3.63, 3.8) is 0 Å². The van der Waals surface area contributed by atoms with Crippen LogP contribution in [0.3, 0.4) is 0 Å². The summed E-state index contributed by atoms with van der Waals surface area (Å²) in [6.07, 6.45) is 12.3. The van der Waals surface area contributed by atoms with Gasteiger partial charge >= 0.3 is 0 Å². The summed E-state index contributed by atoms with van der Waals surface area (Å²) >= 11 is 0. The van der Waals surface area contributed by atoms with Crippen molar-refractivity contribution >= 4 is 16.9 Å². The second kappa shape index (κ2) is 7.13. The first-order valence-corrected chi connectivity index (χ1v) is 11.0. The van der Waals surface area contributed by atoms with Gasteiger partial charge in [-0.25, -0.2) is 4.98 Å². The number of para-hydroxylation sites is 1. The first-order chi connectivity index (χ1) is 14.1. The highest BCUT2D eigenvalue weighted by molar-refractivity contribution is 6.05. The van der Waals surface area contributed by atoms with Gasteiger partial charge in [-0.2, -0.15) is 0 Å². The molecule has 3 heterocycles. The molecule has 1 amide bonds. The standard InChI is InChI=1S/C24H30N4O/c1-16(2)17-9-12-25-20(15-17)24(10-4-3-5-11-24)23-27-19-8-6-7-18-21(19)28(23)14-13-26-22(18)29/h3-8,10,16-17,20,25H,9,11-15H2,1-2H3,(H,26,29). The van der Waals surface area contributed by atoms with E-state index >= 15 is 0 Å². The van der Waals surface area contributed by atoms with Crippen LogP contribution in [-0.2, 0) is 12.0 Å². The summed E-state index contributed by atoms with van der Waals surface area (Å²) in [5.74, 6) is 2.52. The van der Waals surface area contributed by atoms with Gasteiger partial charge in [-0.05, 0) is 49.8 Å². The maximum atomic E-state index is 12.6. The Morgan fingerprint density at radius 3 is 2.93 bits per heavy atom. The molecule has 3 aliphatic rings. The van der Waals surface area contributed by atoms with E-state index in [9.17, 15) is 4.79 Å². The van der Waals surface area contributed by atoms with Crippen LogP contribution >= 0.6 is 0 Å². The minimum absolute atomic E-state index is 0.00425. The molecule has 5 rings (SSSR count). The zero-order valence-electron chi connectivity index (χ0n) is 17.3. The zero-order valence-corrected chi connectivity index (χ0v) is 17.3. The number of allylic oxidation sites excluding steroid dienone is 3. The largest absolute Gasteiger partial charge is 0.350 e. The van der Waals surface area contributed by atoms with Crippen molar-refractivity contribution in [1.29, 1.82) is 0 Å². The molecular weight excluding hydrogens is 360 g/mol. The Morgan fingerprint density at radius 2 is 2.14 bits per heavy atom. The van der Waals surface area contributed by atoms with Gasteiger partial charge in [0, 0.05) is 19.1 Å². The Bertz CT molecular complexity index is 1000.